The molecule has 0 spiro atoms. The standard InChI is InChI=1S/C25H24N2O7S/c1-3-27(20-9-5-4-6-10-20)35(31,32)22-11-7-8-19(16-22)25(30)34-17-23(28)26-24(29)18-12-14-21(33-2)15-13-18/h4-16H,3,17H2,1-2H3,(H,26,28,29). The Morgan fingerprint density at radius 1 is 0.886 bits per heavy atom. The first-order valence-electron chi connectivity index (χ1n) is 10.6. The molecule has 10 heteroatoms. The number of esters is 1. The number of carbonyl (C=O) groups is 3. The fraction of sp³-hybridized carbons (Fsp3) is 0.160. The maximum Gasteiger partial charge on any atom is 0.338 e. The quantitative estimate of drug-likeness (QED) is 0.452. The summed E-state index contributed by atoms with van der Waals surface area (Å²) >= 11 is 0. The van der Waals surface area contributed by atoms with Gasteiger partial charge in [-0.3, -0.25) is 19.2 Å². The molecule has 1 N–H and O–H groups in total. The largest absolute Gasteiger partial charge is 0.497 e. The number of imide groups is 1. The molecule has 3 rings (SSSR count). The molecule has 0 aliphatic rings. The highest BCUT2D eigenvalue weighted by Crippen LogP contribution is 2.24. The number of para-hydroxylation sites is 1. The van der Waals surface area contributed by atoms with Gasteiger partial charge in [0.25, 0.3) is 21.8 Å². The summed E-state index contributed by atoms with van der Waals surface area (Å²) in [6, 6.07) is 20.0. The van der Waals surface area contributed by atoms with Crippen molar-refractivity contribution < 1.29 is 32.3 Å². The molecule has 0 heterocycles. The van der Waals surface area contributed by atoms with Crippen molar-refractivity contribution in [1.29, 1.82) is 0 Å². The van der Waals surface area contributed by atoms with Crippen LogP contribution in [-0.2, 0) is 19.6 Å². The maximum atomic E-state index is 13.2. The Hall–Kier alpha value is -4.18. The van der Waals surface area contributed by atoms with Gasteiger partial charge >= 0.3 is 5.97 Å². The summed E-state index contributed by atoms with van der Waals surface area (Å²) in [5, 5.41) is 2.12. The van der Waals surface area contributed by atoms with Crippen molar-refractivity contribution in [1.82, 2.24) is 5.32 Å². The van der Waals surface area contributed by atoms with E-state index in [4.69, 9.17) is 9.47 Å². The molecular weight excluding hydrogens is 472 g/mol. The summed E-state index contributed by atoms with van der Waals surface area (Å²) in [6.07, 6.45) is 0. The Morgan fingerprint density at radius 2 is 1.57 bits per heavy atom. The zero-order valence-corrected chi connectivity index (χ0v) is 19.9. The Balaban J connectivity index is 1.65. The van der Waals surface area contributed by atoms with Crippen LogP contribution < -0.4 is 14.4 Å². The first-order chi connectivity index (χ1) is 16.8. The molecule has 0 saturated carbocycles. The van der Waals surface area contributed by atoms with Gasteiger partial charge in [-0.25, -0.2) is 13.2 Å². The van der Waals surface area contributed by atoms with Crippen molar-refractivity contribution in [2.75, 3.05) is 24.6 Å². The normalized spacial score (nSPS) is 10.8. The third kappa shape index (κ3) is 6.24. The second-order valence-corrected chi connectivity index (χ2v) is 9.08. The number of hydrogen-bond donors (Lipinski definition) is 1. The van der Waals surface area contributed by atoms with Crippen molar-refractivity contribution in [2.45, 2.75) is 11.8 Å². The zero-order valence-electron chi connectivity index (χ0n) is 19.1. The fourth-order valence-corrected chi connectivity index (χ4v) is 4.71. The van der Waals surface area contributed by atoms with Crippen LogP contribution in [0.2, 0.25) is 0 Å². The van der Waals surface area contributed by atoms with E-state index in [0.29, 0.717) is 11.4 Å². The molecule has 3 aromatic carbocycles. The first kappa shape index (κ1) is 25.4. The molecule has 0 radical (unpaired) electrons. The lowest BCUT2D eigenvalue weighted by molar-refractivity contribution is -0.123. The minimum atomic E-state index is -3.95. The highest BCUT2D eigenvalue weighted by atomic mass is 32.2. The fourth-order valence-electron chi connectivity index (χ4n) is 3.19. The van der Waals surface area contributed by atoms with E-state index in [1.165, 1.54) is 47.8 Å². The Morgan fingerprint density at radius 3 is 2.20 bits per heavy atom. The van der Waals surface area contributed by atoms with E-state index in [1.807, 2.05) is 0 Å². The number of ether oxygens (including phenoxy) is 2. The van der Waals surface area contributed by atoms with Crippen LogP contribution in [0.25, 0.3) is 0 Å². The molecule has 0 saturated heterocycles. The molecule has 35 heavy (non-hydrogen) atoms. The lowest BCUT2D eigenvalue weighted by Gasteiger charge is -2.23. The maximum absolute atomic E-state index is 13.2. The average molecular weight is 497 g/mol. The predicted octanol–water partition coefficient (Wildman–Crippen LogP) is 3.02. The molecule has 0 unspecified atom stereocenters. The topological polar surface area (TPSA) is 119 Å². The second-order valence-electron chi connectivity index (χ2n) is 7.22. The van der Waals surface area contributed by atoms with Gasteiger partial charge < -0.3 is 9.47 Å². The van der Waals surface area contributed by atoms with Gasteiger partial charge in [0, 0.05) is 12.1 Å². The first-order valence-corrected chi connectivity index (χ1v) is 12.0. The molecule has 2 amide bonds. The summed E-state index contributed by atoms with van der Waals surface area (Å²) in [6.45, 7) is 1.17. The van der Waals surface area contributed by atoms with Crippen LogP contribution >= 0.6 is 0 Å². The van der Waals surface area contributed by atoms with E-state index in [9.17, 15) is 22.8 Å². The van der Waals surface area contributed by atoms with Crippen molar-refractivity contribution in [2.24, 2.45) is 0 Å². The SMILES string of the molecule is CCN(c1ccccc1)S(=O)(=O)c1cccc(C(=O)OCC(=O)NC(=O)c2ccc(OC)cc2)c1. The molecule has 0 aliphatic carbocycles. The number of nitrogens with zero attached hydrogens (tertiary/aromatic N) is 1. The monoisotopic (exact) mass is 496 g/mol. The summed E-state index contributed by atoms with van der Waals surface area (Å²) in [5.41, 5.74) is 0.660. The second kappa shape index (κ2) is 11.3. The van der Waals surface area contributed by atoms with Gasteiger partial charge in [-0.15, -0.1) is 0 Å². The lowest BCUT2D eigenvalue weighted by Crippen LogP contribution is -2.34. The number of hydrogen-bond acceptors (Lipinski definition) is 7. The van der Waals surface area contributed by atoms with E-state index in [2.05, 4.69) is 5.32 Å². The molecule has 0 bridgehead atoms. The van der Waals surface area contributed by atoms with Gasteiger partial charge in [0.2, 0.25) is 0 Å². The summed E-state index contributed by atoms with van der Waals surface area (Å²) < 4.78 is 37.5. The predicted molar refractivity (Wildman–Crippen MR) is 129 cm³/mol. The number of sulfonamides is 1. The Labute approximate surface area is 203 Å². The van der Waals surface area contributed by atoms with Gasteiger partial charge in [0.1, 0.15) is 5.75 Å². The Bertz CT molecular complexity index is 1310. The number of nitrogens with one attached hydrogen (secondary N) is 1. The summed E-state index contributed by atoms with van der Waals surface area (Å²) in [4.78, 5) is 36.6. The van der Waals surface area contributed by atoms with Gasteiger partial charge in [-0.05, 0) is 61.5 Å². The number of anilines is 1. The highest BCUT2D eigenvalue weighted by molar-refractivity contribution is 7.92. The molecular formula is C25H24N2O7S. The third-order valence-corrected chi connectivity index (χ3v) is 6.83. The third-order valence-electron chi connectivity index (χ3n) is 4.93. The number of carbonyl (C=O) groups excluding carboxylic acids is 3. The van der Waals surface area contributed by atoms with Crippen molar-refractivity contribution in [3.8, 4) is 5.75 Å². The lowest BCUT2D eigenvalue weighted by atomic mass is 10.2. The van der Waals surface area contributed by atoms with Crippen molar-refractivity contribution in [3.05, 3.63) is 90.0 Å². The van der Waals surface area contributed by atoms with Gasteiger partial charge in [0.15, 0.2) is 6.61 Å². The minimum Gasteiger partial charge on any atom is -0.497 e. The van der Waals surface area contributed by atoms with E-state index in [0.717, 1.165) is 0 Å². The smallest absolute Gasteiger partial charge is 0.338 e. The van der Waals surface area contributed by atoms with Crippen molar-refractivity contribution >= 4 is 33.5 Å². The van der Waals surface area contributed by atoms with E-state index < -0.39 is 34.4 Å². The van der Waals surface area contributed by atoms with Gasteiger partial charge in [0.05, 0.1) is 23.3 Å². The zero-order chi connectivity index (χ0) is 25.4. The molecule has 0 aromatic heterocycles. The molecule has 9 nitrogen and oxygen atoms in total. The van der Waals surface area contributed by atoms with Crippen LogP contribution in [-0.4, -0.2) is 46.5 Å². The van der Waals surface area contributed by atoms with E-state index in [1.54, 1.807) is 49.4 Å². The van der Waals surface area contributed by atoms with Crippen LogP contribution in [0.5, 0.6) is 5.75 Å². The number of rotatable bonds is 9. The van der Waals surface area contributed by atoms with Crippen LogP contribution in [0, 0.1) is 0 Å². The highest BCUT2D eigenvalue weighted by Gasteiger charge is 2.25. The molecule has 0 aliphatic heterocycles. The van der Waals surface area contributed by atoms with E-state index in [-0.39, 0.29) is 22.6 Å². The van der Waals surface area contributed by atoms with Crippen LogP contribution in [0.15, 0.2) is 83.8 Å². The Kier molecular flexibility index (Phi) is 8.21. The molecule has 182 valence electrons. The average Bonchev–Trinajstić information content (AvgIpc) is 2.88. The molecule has 3 aromatic rings. The number of amides is 2. The van der Waals surface area contributed by atoms with Crippen LogP contribution in [0.1, 0.15) is 27.6 Å². The summed E-state index contributed by atoms with van der Waals surface area (Å²) in [5.74, 6) is -1.85. The minimum absolute atomic E-state index is 0.0514. The van der Waals surface area contributed by atoms with Gasteiger partial charge in [-0.2, -0.15) is 0 Å². The molecule has 0 fully saturated rings. The summed E-state index contributed by atoms with van der Waals surface area (Å²) in [7, 11) is -2.46. The van der Waals surface area contributed by atoms with Gasteiger partial charge in [-0.1, -0.05) is 24.3 Å². The number of methoxy groups -OCH3 is 1. The van der Waals surface area contributed by atoms with Crippen molar-refractivity contribution in [3.63, 3.8) is 0 Å². The number of benzene rings is 3. The van der Waals surface area contributed by atoms with Crippen LogP contribution in [0.4, 0.5) is 5.69 Å². The van der Waals surface area contributed by atoms with E-state index >= 15 is 0 Å². The van der Waals surface area contributed by atoms with Crippen LogP contribution in [0.3, 0.4) is 0 Å². The molecule has 0 atom stereocenters.